The molecule has 0 saturated carbocycles. The minimum atomic E-state index is -0.726. The summed E-state index contributed by atoms with van der Waals surface area (Å²) in [7, 11) is 0. The minimum absolute atomic E-state index is 0.110. The molecular weight excluding hydrogens is 831 g/mol. The molecule has 69 heavy (non-hydrogen) atoms. The molecule has 2 aliphatic rings. The maximum atomic E-state index is 10.1. The fourth-order valence-corrected chi connectivity index (χ4v) is 11.6. The molecule has 1 heteroatoms. The second kappa shape index (κ2) is 16.5. The lowest BCUT2D eigenvalue weighted by atomic mass is 9.67. The third-order valence-corrected chi connectivity index (χ3v) is 14.5. The predicted molar refractivity (Wildman–Crippen MR) is 287 cm³/mol. The predicted octanol–water partition coefficient (Wildman–Crippen LogP) is 17.2. The van der Waals surface area contributed by atoms with Gasteiger partial charge in [-0.05, 0) is 125 Å². The molecule has 0 aromatic heterocycles. The average Bonchev–Trinajstić information content (AvgIpc) is 3.94. The number of hydrogen-bond acceptors (Lipinski definition) is 1. The highest BCUT2D eigenvalue weighted by molar-refractivity contribution is 5.92. The van der Waals surface area contributed by atoms with Crippen LogP contribution in [-0.2, 0) is 10.8 Å². The van der Waals surface area contributed by atoms with Crippen LogP contribution in [0, 0.1) is 0 Å². The summed E-state index contributed by atoms with van der Waals surface area (Å²) < 4.78 is 39.9. The summed E-state index contributed by atoms with van der Waals surface area (Å²) in [5.74, 6) is 0. The van der Waals surface area contributed by atoms with Crippen molar-refractivity contribution >= 4 is 17.1 Å². The van der Waals surface area contributed by atoms with E-state index in [-0.39, 0.29) is 35.4 Å². The van der Waals surface area contributed by atoms with Gasteiger partial charge in [0.15, 0.2) is 0 Å². The first-order valence-electron chi connectivity index (χ1n) is 25.7. The standard InChI is InChI=1S/C68H47N/c1-6-20-48(21-7-1)49-34-36-50(37-35-49)51-38-40-56(41-39-51)69(57-42-44-61-59-30-16-18-32-63(59)67(65(61)46-57,52-22-8-2-9-23-52)53-24-10-3-11-25-53)58-43-45-62-60-31-17-19-33-64(60)68(66(62)47-58,54-26-12-4-13-27-54)55-28-14-5-15-29-55/h1-47H/i38D,39D,40D,41D. The number of rotatable bonds is 9. The second-order valence-corrected chi connectivity index (χ2v) is 18.0. The number of nitrogens with zero attached hydrogens (tertiary/aromatic N) is 1. The summed E-state index contributed by atoms with van der Waals surface area (Å²) in [4.78, 5) is 1.98. The first-order chi connectivity index (χ1) is 35.9. The van der Waals surface area contributed by atoms with E-state index < -0.39 is 10.8 Å². The van der Waals surface area contributed by atoms with Crippen LogP contribution in [0.15, 0.2) is 285 Å². The zero-order chi connectivity index (χ0) is 49.3. The monoisotopic (exact) mass is 881 g/mol. The third kappa shape index (κ3) is 6.32. The lowest BCUT2D eigenvalue weighted by Gasteiger charge is -2.36. The molecule has 0 unspecified atom stereocenters. The van der Waals surface area contributed by atoms with Crippen LogP contribution in [-0.4, -0.2) is 0 Å². The molecule has 2 aliphatic carbocycles. The van der Waals surface area contributed by atoms with Gasteiger partial charge in [0.25, 0.3) is 0 Å². The van der Waals surface area contributed by atoms with Gasteiger partial charge in [-0.15, -0.1) is 0 Å². The van der Waals surface area contributed by atoms with Crippen LogP contribution in [0.25, 0.3) is 44.5 Å². The Balaban J connectivity index is 1.09. The lowest BCUT2D eigenvalue weighted by Crippen LogP contribution is -2.29. The van der Waals surface area contributed by atoms with Crippen molar-refractivity contribution in [2.24, 2.45) is 0 Å². The Hall–Kier alpha value is -8.78. The van der Waals surface area contributed by atoms with E-state index in [0.717, 1.165) is 66.8 Å². The van der Waals surface area contributed by atoms with Gasteiger partial charge < -0.3 is 4.90 Å². The Labute approximate surface area is 410 Å². The Kier molecular flexibility index (Phi) is 8.71. The maximum Gasteiger partial charge on any atom is 0.0714 e. The molecule has 0 amide bonds. The molecule has 324 valence electrons. The highest BCUT2D eigenvalue weighted by atomic mass is 15.1. The molecule has 11 aromatic carbocycles. The molecule has 0 fully saturated rings. The fourth-order valence-electron chi connectivity index (χ4n) is 11.6. The Bertz CT molecular complexity index is 3590. The van der Waals surface area contributed by atoms with E-state index in [4.69, 9.17) is 0 Å². The largest absolute Gasteiger partial charge is 0.310 e. The zero-order valence-corrected chi connectivity index (χ0v) is 37.8. The highest BCUT2D eigenvalue weighted by Gasteiger charge is 2.48. The number of anilines is 3. The van der Waals surface area contributed by atoms with Gasteiger partial charge in [0.05, 0.1) is 16.3 Å². The normalized spacial score (nSPS) is 14.3. The van der Waals surface area contributed by atoms with E-state index in [1.165, 1.54) is 11.1 Å². The van der Waals surface area contributed by atoms with Crippen molar-refractivity contribution in [1.82, 2.24) is 0 Å². The molecule has 0 bridgehead atoms. The van der Waals surface area contributed by atoms with Gasteiger partial charge in [-0.3, -0.25) is 0 Å². The van der Waals surface area contributed by atoms with Gasteiger partial charge in [0, 0.05) is 17.1 Å². The molecule has 13 rings (SSSR count). The van der Waals surface area contributed by atoms with Gasteiger partial charge in [-0.25, -0.2) is 0 Å². The van der Waals surface area contributed by atoms with Crippen molar-refractivity contribution in [2.45, 2.75) is 10.8 Å². The average molecular weight is 882 g/mol. The van der Waals surface area contributed by atoms with Crippen LogP contribution in [0.1, 0.15) is 50.0 Å². The molecule has 0 atom stereocenters. The topological polar surface area (TPSA) is 3.24 Å². The van der Waals surface area contributed by atoms with E-state index in [2.05, 4.69) is 218 Å². The van der Waals surface area contributed by atoms with Gasteiger partial charge in [0.1, 0.15) is 0 Å². The fraction of sp³-hybridized carbons (Fsp3) is 0.0294. The summed E-state index contributed by atoms with van der Waals surface area (Å²) in [6.45, 7) is 0. The molecule has 1 nitrogen and oxygen atoms in total. The smallest absolute Gasteiger partial charge is 0.0714 e. The van der Waals surface area contributed by atoms with E-state index in [0.29, 0.717) is 16.9 Å². The van der Waals surface area contributed by atoms with Gasteiger partial charge in [-0.1, -0.05) is 249 Å². The van der Waals surface area contributed by atoms with E-state index in [1.807, 2.05) is 47.4 Å². The lowest BCUT2D eigenvalue weighted by molar-refractivity contribution is 0.767. The highest BCUT2D eigenvalue weighted by Crippen LogP contribution is 2.59. The van der Waals surface area contributed by atoms with Crippen molar-refractivity contribution in [3.63, 3.8) is 0 Å². The summed E-state index contributed by atoms with van der Waals surface area (Å²) in [5.41, 5.74) is 16.5. The zero-order valence-electron chi connectivity index (χ0n) is 41.8. The van der Waals surface area contributed by atoms with Gasteiger partial charge in [0.2, 0.25) is 0 Å². The SMILES string of the molecule is [2H]c1c([2H])c(N(c2ccc3c(c2)C(c2ccccc2)(c2ccccc2)c2ccccc2-3)c2ccc3c(c2)C(c2ccccc2)(c2ccccc2)c2ccccc2-3)c([2H])c([2H])c1-c1ccc(-c2ccccc2)cc1. The van der Waals surface area contributed by atoms with Crippen molar-refractivity contribution < 1.29 is 5.48 Å². The first-order valence-corrected chi connectivity index (χ1v) is 23.7. The van der Waals surface area contributed by atoms with Crippen LogP contribution in [0.4, 0.5) is 17.1 Å². The maximum absolute atomic E-state index is 10.1. The van der Waals surface area contributed by atoms with Crippen LogP contribution < -0.4 is 4.90 Å². The Morgan fingerprint density at radius 1 is 0.246 bits per heavy atom. The Morgan fingerprint density at radius 2 is 0.565 bits per heavy atom. The van der Waals surface area contributed by atoms with Crippen molar-refractivity contribution in [1.29, 1.82) is 0 Å². The summed E-state index contributed by atoms with van der Waals surface area (Å²) in [5, 5.41) is 0. The van der Waals surface area contributed by atoms with Crippen molar-refractivity contribution in [2.75, 3.05) is 4.90 Å². The van der Waals surface area contributed by atoms with Crippen molar-refractivity contribution in [3.8, 4) is 44.5 Å². The molecule has 0 spiro atoms. The van der Waals surface area contributed by atoms with E-state index in [9.17, 15) is 5.48 Å². The first kappa shape index (κ1) is 36.4. The quantitative estimate of drug-likeness (QED) is 0.140. The Morgan fingerprint density at radius 3 is 0.971 bits per heavy atom. The molecule has 0 radical (unpaired) electrons. The summed E-state index contributed by atoms with van der Waals surface area (Å²) in [6, 6.07) is 90.5. The number of fused-ring (bicyclic) bond motifs is 6. The van der Waals surface area contributed by atoms with E-state index in [1.54, 1.807) is 0 Å². The van der Waals surface area contributed by atoms with Crippen LogP contribution in [0.3, 0.4) is 0 Å². The molecule has 0 heterocycles. The third-order valence-electron chi connectivity index (χ3n) is 14.5. The van der Waals surface area contributed by atoms with Gasteiger partial charge in [-0.2, -0.15) is 0 Å². The molecule has 0 N–H and O–H groups in total. The number of hydrogen-bond donors (Lipinski definition) is 0. The summed E-state index contributed by atoms with van der Waals surface area (Å²) in [6.07, 6.45) is 0. The van der Waals surface area contributed by atoms with Crippen LogP contribution in [0.5, 0.6) is 0 Å². The van der Waals surface area contributed by atoms with E-state index >= 15 is 0 Å². The number of benzene rings is 11. The molecule has 11 aromatic rings. The minimum Gasteiger partial charge on any atom is -0.310 e. The molecular formula is C68H47N. The molecule has 0 aliphatic heterocycles. The second-order valence-electron chi connectivity index (χ2n) is 18.0. The van der Waals surface area contributed by atoms with Gasteiger partial charge >= 0.3 is 0 Å². The summed E-state index contributed by atoms with van der Waals surface area (Å²) >= 11 is 0. The van der Waals surface area contributed by atoms with Crippen LogP contribution in [0.2, 0.25) is 0 Å². The molecule has 0 saturated heterocycles. The van der Waals surface area contributed by atoms with Crippen molar-refractivity contribution in [3.05, 3.63) is 330 Å². The van der Waals surface area contributed by atoms with Crippen LogP contribution >= 0.6 is 0 Å².